The van der Waals surface area contributed by atoms with E-state index in [4.69, 9.17) is 15.2 Å². The first-order valence-electron chi connectivity index (χ1n) is 8.89. The van der Waals surface area contributed by atoms with Gasteiger partial charge >= 0.3 is 6.09 Å². The van der Waals surface area contributed by atoms with Crippen LogP contribution in [0.5, 0.6) is 5.75 Å². The van der Waals surface area contributed by atoms with Crippen molar-refractivity contribution in [3.63, 3.8) is 0 Å². The Morgan fingerprint density at radius 2 is 2.26 bits per heavy atom. The molecule has 9 nitrogen and oxygen atoms in total. The van der Waals surface area contributed by atoms with Crippen LogP contribution in [0.2, 0.25) is 0 Å². The molecule has 142 valence electrons. The fourth-order valence-corrected chi connectivity index (χ4v) is 4.01. The van der Waals surface area contributed by atoms with E-state index in [1.807, 2.05) is 0 Å². The number of ether oxygens (including phenoxy) is 2. The van der Waals surface area contributed by atoms with Crippen molar-refractivity contribution in [2.24, 2.45) is 5.73 Å². The molecule has 27 heavy (non-hydrogen) atoms. The molecule has 2 aromatic rings. The van der Waals surface area contributed by atoms with Gasteiger partial charge in [0.1, 0.15) is 24.0 Å². The molecule has 1 aromatic carbocycles. The average molecular weight is 371 g/mol. The van der Waals surface area contributed by atoms with Crippen LogP contribution in [0.3, 0.4) is 0 Å². The number of nitrogens with two attached hydrogens (primary N) is 1. The minimum atomic E-state index is -0.579. The first kappa shape index (κ1) is 17.3. The van der Waals surface area contributed by atoms with Crippen molar-refractivity contribution in [1.82, 2.24) is 15.3 Å². The maximum Gasteiger partial charge on any atom is 0.407 e. The summed E-state index contributed by atoms with van der Waals surface area (Å²) in [4.78, 5) is 34.2. The number of primary amides is 1. The Kier molecular flexibility index (Phi) is 4.21. The number of amides is 2. The van der Waals surface area contributed by atoms with Crippen molar-refractivity contribution in [2.45, 2.75) is 38.0 Å². The van der Waals surface area contributed by atoms with Gasteiger partial charge in [0.15, 0.2) is 0 Å². The lowest BCUT2D eigenvalue weighted by atomic mass is 10.0. The van der Waals surface area contributed by atoms with Crippen LogP contribution in [0.4, 0.5) is 10.6 Å². The van der Waals surface area contributed by atoms with Crippen molar-refractivity contribution in [1.29, 1.82) is 0 Å². The van der Waals surface area contributed by atoms with E-state index in [1.54, 1.807) is 12.1 Å². The SMILES string of the molecule is CCC[C@@H]1[C@@H]2OC(=O)N[C@@H]2CN1c1ncnc2cc(C(N)=O)c(OC)cc12. The number of hydrogen-bond acceptors (Lipinski definition) is 7. The molecular formula is C18H21N5O4. The highest BCUT2D eigenvalue weighted by atomic mass is 16.6. The first-order valence-corrected chi connectivity index (χ1v) is 8.89. The second-order valence-electron chi connectivity index (χ2n) is 6.76. The molecule has 3 N–H and O–H groups in total. The number of fused-ring (bicyclic) bond motifs is 2. The van der Waals surface area contributed by atoms with Crippen molar-refractivity contribution in [3.05, 3.63) is 24.0 Å². The lowest BCUT2D eigenvalue weighted by molar-refractivity contribution is 0.0997. The summed E-state index contributed by atoms with van der Waals surface area (Å²) in [5.41, 5.74) is 6.32. The van der Waals surface area contributed by atoms with E-state index >= 15 is 0 Å². The third-order valence-corrected chi connectivity index (χ3v) is 5.17. The number of carbonyl (C=O) groups is 2. The third kappa shape index (κ3) is 2.79. The topological polar surface area (TPSA) is 120 Å². The molecule has 0 spiro atoms. The van der Waals surface area contributed by atoms with Crippen LogP contribution in [-0.4, -0.2) is 53.8 Å². The van der Waals surface area contributed by atoms with E-state index in [0.717, 1.165) is 24.0 Å². The second kappa shape index (κ2) is 6.57. The van der Waals surface area contributed by atoms with Gasteiger partial charge < -0.3 is 25.4 Å². The lowest BCUT2D eigenvalue weighted by Gasteiger charge is -2.28. The van der Waals surface area contributed by atoms with E-state index in [2.05, 4.69) is 27.1 Å². The van der Waals surface area contributed by atoms with Crippen LogP contribution < -0.4 is 20.7 Å². The van der Waals surface area contributed by atoms with Crippen LogP contribution in [0.25, 0.3) is 10.9 Å². The number of carbonyl (C=O) groups excluding carboxylic acids is 2. The number of benzene rings is 1. The van der Waals surface area contributed by atoms with Crippen molar-refractivity contribution < 1.29 is 19.1 Å². The third-order valence-electron chi connectivity index (χ3n) is 5.17. The molecule has 9 heteroatoms. The molecule has 2 saturated heterocycles. The fraction of sp³-hybridized carbons (Fsp3) is 0.444. The standard InChI is InChI=1S/C18H21N5O4/c1-3-4-13-15-12(22-18(25)27-15)7-23(13)17-9-6-14(26-2)10(16(19)24)5-11(9)20-8-21-17/h5-6,8,12-13,15H,3-4,7H2,1-2H3,(H2,19,24)(H,22,25)/t12-,13-,15-/m1/s1. The number of anilines is 1. The summed E-state index contributed by atoms with van der Waals surface area (Å²) in [7, 11) is 1.49. The summed E-state index contributed by atoms with van der Waals surface area (Å²) in [6.07, 6.45) is 2.68. The van der Waals surface area contributed by atoms with Crippen molar-refractivity contribution in [3.8, 4) is 5.75 Å². The van der Waals surface area contributed by atoms with Gasteiger partial charge in [-0.15, -0.1) is 0 Å². The molecule has 0 unspecified atom stereocenters. The van der Waals surface area contributed by atoms with Gasteiger partial charge in [0.05, 0.1) is 30.3 Å². The van der Waals surface area contributed by atoms with Crippen molar-refractivity contribution >= 4 is 28.7 Å². The maximum absolute atomic E-state index is 11.7. The monoisotopic (exact) mass is 371 g/mol. The summed E-state index contributed by atoms with van der Waals surface area (Å²) in [5, 5.41) is 3.62. The first-order chi connectivity index (χ1) is 13.0. The average Bonchev–Trinajstić information content (AvgIpc) is 3.17. The maximum atomic E-state index is 11.7. The molecule has 0 aliphatic carbocycles. The van der Waals surface area contributed by atoms with E-state index in [0.29, 0.717) is 17.8 Å². The number of methoxy groups -OCH3 is 1. The fourth-order valence-electron chi connectivity index (χ4n) is 4.01. The van der Waals surface area contributed by atoms with Crippen LogP contribution in [-0.2, 0) is 4.74 Å². The van der Waals surface area contributed by atoms with Gasteiger partial charge in [-0.25, -0.2) is 14.8 Å². The normalized spacial score (nSPS) is 23.9. The predicted molar refractivity (Wildman–Crippen MR) is 97.8 cm³/mol. The lowest BCUT2D eigenvalue weighted by Crippen LogP contribution is -2.37. The Hall–Kier alpha value is -3.10. The van der Waals surface area contributed by atoms with Gasteiger partial charge in [0.2, 0.25) is 0 Å². The molecule has 2 aliphatic rings. The Morgan fingerprint density at radius 1 is 1.44 bits per heavy atom. The molecule has 3 atom stereocenters. The Balaban J connectivity index is 1.81. The molecule has 4 rings (SSSR count). The molecule has 2 fully saturated rings. The molecule has 0 saturated carbocycles. The number of aromatic nitrogens is 2. The zero-order chi connectivity index (χ0) is 19.1. The summed E-state index contributed by atoms with van der Waals surface area (Å²) in [6, 6.07) is 3.29. The van der Waals surface area contributed by atoms with E-state index < -0.39 is 5.91 Å². The van der Waals surface area contributed by atoms with Gasteiger partial charge in [-0.3, -0.25) is 4.79 Å². The quantitative estimate of drug-likeness (QED) is 0.810. The second-order valence-corrected chi connectivity index (χ2v) is 6.76. The molecule has 0 bridgehead atoms. The molecule has 2 aliphatic heterocycles. The highest BCUT2D eigenvalue weighted by molar-refractivity contribution is 6.02. The Labute approximate surface area is 155 Å². The summed E-state index contributed by atoms with van der Waals surface area (Å²) >= 11 is 0. The molecule has 0 radical (unpaired) electrons. The molecule has 2 amide bonds. The van der Waals surface area contributed by atoms with E-state index in [1.165, 1.54) is 13.4 Å². The van der Waals surface area contributed by atoms with Gasteiger partial charge in [0.25, 0.3) is 5.91 Å². The highest BCUT2D eigenvalue weighted by Gasteiger charge is 2.49. The molecular weight excluding hydrogens is 350 g/mol. The van der Waals surface area contributed by atoms with E-state index in [9.17, 15) is 9.59 Å². The number of hydrogen-bond donors (Lipinski definition) is 2. The minimum Gasteiger partial charge on any atom is -0.496 e. The van der Waals surface area contributed by atoms with Crippen molar-refractivity contribution in [2.75, 3.05) is 18.6 Å². The summed E-state index contributed by atoms with van der Waals surface area (Å²) in [6.45, 7) is 2.68. The highest BCUT2D eigenvalue weighted by Crippen LogP contribution is 2.36. The largest absolute Gasteiger partial charge is 0.496 e. The number of rotatable bonds is 5. The zero-order valence-corrected chi connectivity index (χ0v) is 15.1. The predicted octanol–water partition coefficient (Wildman–Crippen LogP) is 1.20. The van der Waals surface area contributed by atoms with Crippen LogP contribution >= 0.6 is 0 Å². The molecule has 1 aromatic heterocycles. The van der Waals surface area contributed by atoms with Gasteiger partial charge in [-0.05, 0) is 18.6 Å². The molecule has 3 heterocycles. The summed E-state index contributed by atoms with van der Waals surface area (Å²) < 4.78 is 10.8. The van der Waals surface area contributed by atoms with Gasteiger partial charge in [-0.1, -0.05) is 13.3 Å². The minimum absolute atomic E-state index is 0.0128. The number of alkyl carbamates (subject to hydrolysis) is 1. The Morgan fingerprint density at radius 3 is 2.96 bits per heavy atom. The van der Waals surface area contributed by atoms with Crippen LogP contribution in [0.1, 0.15) is 30.1 Å². The summed E-state index contributed by atoms with van der Waals surface area (Å²) in [5.74, 6) is 0.520. The zero-order valence-electron chi connectivity index (χ0n) is 15.1. The smallest absolute Gasteiger partial charge is 0.407 e. The number of nitrogens with one attached hydrogen (secondary N) is 1. The van der Waals surface area contributed by atoms with Crippen LogP contribution in [0.15, 0.2) is 18.5 Å². The Bertz CT molecular complexity index is 918. The van der Waals surface area contributed by atoms with Gasteiger partial charge in [0, 0.05) is 11.9 Å². The number of nitrogens with zero attached hydrogens (tertiary/aromatic N) is 3. The van der Waals surface area contributed by atoms with E-state index in [-0.39, 0.29) is 29.8 Å². The van der Waals surface area contributed by atoms with Crippen LogP contribution in [0, 0.1) is 0 Å². The van der Waals surface area contributed by atoms with Gasteiger partial charge in [-0.2, -0.15) is 0 Å².